The van der Waals surface area contributed by atoms with Crippen LogP contribution in [0.5, 0.6) is 23.0 Å². The molecule has 2 aromatic rings. The van der Waals surface area contributed by atoms with E-state index in [4.69, 9.17) is 34.2 Å². The number of amides is 3. The van der Waals surface area contributed by atoms with Crippen LogP contribution in [0.1, 0.15) is 76.3 Å². The fraction of sp³-hybridized carbons (Fsp3) is 0.628. The van der Waals surface area contributed by atoms with Gasteiger partial charge in [-0.05, 0) is 116 Å². The van der Waals surface area contributed by atoms with Crippen molar-refractivity contribution >= 4 is 24.1 Å². The number of alkyl carbamates (subject to hydrolysis) is 1. The predicted molar refractivity (Wildman–Crippen MR) is 209 cm³/mol. The summed E-state index contributed by atoms with van der Waals surface area (Å²) in [6.07, 6.45) is 7.66. The summed E-state index contributed by atoms with van der Waals surface area (Å²) in [7, 11) is 4.66. The molecule has 14 nitrogen and oxygen atoms in total. The monoisotopic (exact) mass is 790 g/mol. The predicted octanol–water partition coefficient (Wildman–Crippen LogP) is 5.17. The quantitative estimate of drug-likeness (QED) is 0.228. The smallest absolute Gasteiger partial charge is 0.413 e. The van der Waals surface area contributed by atoms with E-state index in [0.717, 1.165) is 30.4 Å². The first kappa shape index (κ1) is 40.5. The summed E-state index contributed by atoms with van der Waals surface area (Å²) < 4.78 is 33.1. The van der Waals surface area contributed by atoms with Gasteiger partial charge in [0, 0.05) is 30.6 Å². The molecule has 4 N–H and O–H groups in total. The lowest BCUT2D eigenvalue weighted by Gasteiger charge is -2.65. The SMILES string of the molecule is COc1ccc(C[C@H]2COC(=O)[C@@H]2Cc2ccc(OC(=O)N[C@H]3CCCN(C(=O)[C@@H](N)COC(=O)NC45CC6CC(C)(CC(C)(C6)C4)C5)C3)c(OC)c2)cc1OC. The highest BCUT2D eigenvalue weighted by Gasteiger charge is 2.60. The molecule has 6 aliphatic rings. The summed E-state index contributed by atoms with van der Waals surface area (Å²) in [4.78, 5) is 53.9. The van der Waals surface area contributed by atoms with Gasteiger partial charge in [-0.1, -0.05) is 26.0 Å². The van der Waals surface area contributed by atoms with Crippen molar-refractivity contribution in [3.8, 4) is 23.0 Å². The number of esters is 1. The Morgan fingerprint density at radius 1 is 0.877 bits per heavy atom. The van der Waals surface area contributed by atoms with Gasteiger partial charge in [0.05, 0.1) is 33.9 Å². The Morgan fingerprint density at radius 3 is 2.19 bits per heavy atom. The average molecular weight is 791 g/mol. The molecule has 4 bridgehead atoms. The van der Waals surface area contributed by atoms with Crippen LogP contribution in [-0.2, 0) is 31.9 Å². The van der Waals surface area contributed by atoms with Crippen molar-refractivity contribution in [3.63, 3.8) is 0 Å². The maximum Gasteiger partial charge on any atom is 0.413 e. The van der Waals surface area contributed by atoms with Gasteiger partial charge in [0.1, 0.15) is 12.6 Å². The zero-order chi connectivity index (χ0) is 40.5. The zero-order valence-corrected chi connectivity index (χ0v) is 33.9. The van der Waals surface area contributed by atoms with E-state index in [1.165, 1.54) is 26.4 Å². The molecule has 2 aliphatic heterocycles. The summed E-state index contributed by atoms with van der Waals surface area (Å²) in [5.41, 5.74) is 8.31. The van der Waals surface area contributed by atoms with E-state index in [0.29, 0.717) is 62.0 Å². The maximum atomic E-state index is 13.3. The second-order valence-corrected chi connectivity index (χ2v) is 18.0. The van der Waals surface area contributed by atoms with Crippen molar-refractivity contribution in [2.45, 2.75) is 95.7 Å². The van der Waals surface area contributed by atoms with Crippen molar-refractivity contribution in [1.82, 2.24) is 15.5 Å². The molecule has 310 valence electrons. The average Bonchev–Trinajstić information content (AvgIpc) is 3.49. The van der Waals surface area contributed by atoms with Gasteiger partial charge >= 0.3 is 18.2 Å². The Labute approximate surface area is 334 Å². The van der Waals surface area contributed by atoms with Gasteiger partial charge in [0.25, 0.3) is 0 Å². The number of benzene rings is 2. The summed E-state index contributed by atoms with van der Waals surface area (Å²) in [6.45, 7) is 5.50. The number of carbonyl (C=O) groups excluding carboxylic acids is 4. The summed E-state index contributed by atoms with van der Waals surface area (Å²) in [6, 6.07) is 9.54. The maximum absolute atomic E-state index is 13.3. The lowest BCUT2D eigenvalue weighted by Crippen LogP contribution is -2.65. The molecule has 4 aliphatic carbocycles. The third kappa shape index (κ3) is 9.05. The van der Waals surface area contributed by atoms with Crippen molar-refractivity contribution in [3.05, 3.63) is 47.5 Å². The van der Waals surface area contributed by atoms with E-state index >= 15 is 0 Å². The molecule has 0 aromatic heterocycles. The van der Waals surface area contributed by atoms with Crippen LogP contribution in [0.15, 0.2) is 36.4 Å². The number of methoxy groups -OCH3 is 3. The normalized spacial score (nSPS) is 30.6. The van der Waals surface area contributed by atoms with Crippen LogP contribution in [0.3, 0.4) is 0 Å². The number of nitrogens with two attached hydrogens (primary N) is 1. The molecular formula is C43H58N4O10. The standard InChI is InChI=1S/C43H58N4O10/c1-41-17-28-18-42(2,23-41)25-43(19-28,24-41)46-40(51)56-22-32(44)37(48)47-12-6-7-30(20-47)45-39(50)57-34-11-9-27(16-36(34)54-5)14-31-29(21-55-38(31)49)13-26-8-10-33(52-3)35(15-26)53-4/h8-11,15-16,28-32H,6-7,12-14,17-25,44H2,1-5H3,(H,45,50)(H,46,51)/t28?,29-,30-,31+,32-,41?,42?,43?/m0/s1. The van der Waals surface area contributed by atoms with Crippen LogP contribution < -0.4 is 35.3 Å². The number of hydrogen-bond donors (Lipinski definition) is 3. The van der Waals surface area contributed by atoms with E-state index in [-0.39, 0.29) is 65.0 Å². The van der Waals surface area contributed by atoms with Crippen molar-refractivity contribution in [2.75, 3.05) is 47.6 Å². The van der Waals surface area contributed by atoms with E-state index in [1.54, 1.807) is 37.3 Å². The second-order valence-electron chi connectivity index (χ2n) is 18.0. The fourth-order valence-electron chi connectivity index (χ4n) is 11.4. The molecule has 6 atom stereocenters. The van der Waals surface area contributed by atoms with Gasteiger partial charge in [-0.15, -0.1) is 0 Å². The number of hydrogen-bond acceptors (Lipinski definition) is 11. The van der Waals surface area contributed by atoms with Crippen LogP contribution in [0, 0.1) is 28.6 Å². The molecule has 6 fully saturated rings. The fourth-order valence-corrected chi connectivity index (χ4v) is 11.4. The summed E-state index contributed by atoms with van der Waals surface area (Å²) in [5, 5.41) is 6.07. The molecule has 8 rings (SSSR count). The van der Waals surface area contributed by atoms with Crippen molar-refractivity contribution in [2.24, 2.45) is 34.3 Å². The van der Waals surface area contributed by atoms with Gasteiger partial charge < -0.3 is 49.7 Å². The Bertz CT molecular complexity index is 1840. The number of cyclic esters (lactones) is 1. The number of likely N-dealkylation sites (tertiary alicyclic amines) is 1. The highest BCUT2D eigenvalue weighted by Crippen LogP contribution is 2.66. The van der Waals surface area contributed by atoms with Crippen LogP contribution in [0.4, 0.5) is 9.59 Å². The number of piperidine rings is 1. The molecule has 57 heavy (non-hydrogen) atoms. The van der Waals surface area contributed by atoms with Crippen molar-refractivity contribution in [1.29, 1.82) is 0 Å². The topological polar surface area (TPSA) is 177 Å². The zero-order valence-electron chi connectivity index (χ0n) is 33.9. The lowest BCUT2D eigenvalue weighted by atomic mass is 9.43. The molecular weight excluding hydrogens is 732 g/mol. The molecule has 14 heteroatoms. The summed E-state index contributed by atoms with van der Waals surface area (Å²) in [5.74, 6) is 1.42. The van der Waals surface area contributed by atoms with Crippen LogP contribution >= 0.6 is 0 Å². The van der Waals surface area contributed by atoms with Crippen LogP contribution in [-0.4, -0.2) is 94.2 Å². The van der Waals surface area contributed by atoms with E-state index in [2.05, 4.69) is 24.5 Å². The first-order valence-corrected chi connectivity index (χ1v) is 20.2. The minimum absolute atomic E-state index is 0.0458. The Morgan fingerprint density at radius 2 is 1.53 bits per heavy atom. The first-order chi connectivity index (χ1) is 27.2. The van der Waals surface area contributed by atoms with E-state index in [1.807, 2.05) is 18.2 Å². The van der Waals surface area contributed by atoms with Gasteiger partial charge in [-0.3, -0.25) is 9.59 Å². The minimum Gasteiger partial charge on any atom is -0.493 e. The molecule has 2 unspecified atom stereocenters. The lowest BCUT2D eigenvalue weighted by molar-refractivity contribution is -0.141. The van der Waals surface area contributed by atoms with Gasteiger partial charge in [-0.2, -0.15) is 0 Å². The van der Waals surface area contributed by atoms with E-state index < -0.39 is 18.2 Å². The largest absolute Gasteiger partial charge is 0.493 e. The summed E-state index contributed by atoms with van der Waals surface area (Å²) >= 11 is 0. The van der Waals surface area contributed by atoms with Gasteiger partial charge in [0.15, 0.2) is 23.0 Å². The molecule has 0 spiro atoms. The number of nitrogens with zero attached hydrogens (tertiary/aromatic N) is 1. The molecule has 2 saturated heterocycles. The highest BCUT2D eigenvalue weighted by atomic mass is 16.6. The second kappa shape index (κ2) is 16.3. The number of carbonyl (C=O) groups is 4. The van der Waals surface area contributed by atoms with Gasteiger partial charge in [0.2, 0.25) is 5.91 Å². The van der Waals surface area contributed by atoms with Crippen LogP contribution in [0.25, 0.3) is 0 Å². The molecule has 0 radical (unpaired) electrons. The molecule has 3 amide bonds. The molecule has 4 saturated carbocycles. The Kier molecular flexibility index (Phi) is 11.5. The first-order valence-electron chi connectivity index (χ1n) is 20.2. The highest BCUT2D eigenvalue weighted by molar-refractivity contribution is 5.82. The van der Waals surface area contributed by atoms with Crippen LogP contribution in [0.2, 0.25) is 0 Å². The Balaban J connectivity index is 0.881. The number of ether oxygens (including phenoxy) is 6. The number of nitrogens with one attached hydrogen (secondary N) is 2. The third-order valence-corrected chi connectivity index (χ3v) is 12.9. The molecule has 2 heterocycles. The van der Waals surface area contributed by atoms with Crippen molar-refractivity contribution < 1.29 is 47.6 Å². The third-order valence-electron chi connectivity index (χ3n) is 12.9. The Hall–Kier alpha value is -4.72. The number of rotatable bonds is 13. The molecule has 2 aromatic carbocycles. The van der Waals surface area contributed by atoms with E-state index in [9.17, 15) is 19.2 Å². The minimum atomic E-state index is -1.03. The van der Waals surface area contributed by atoms with Gasteiger partial charge in [-0.25, -0.2) is 9.59 Å².